The molecule has 1 N–H and O–H groups in total. The van der Waals surface area contributed by atoms with Crippen molar-refractivity contribution in [2.45, 2.75) is 24.7 Å². The quantitative estimate of drug-likeness (QED) is 0.930. The first kappa shape index (κ1) is 13.2. The number of rotatable bonds is 3. The van der Waals surface area contributed by atoms with E-state index in [1.807, 2.05) is 48.5 Å². The van der Waals surface area contributed by atoms with Gasteiger partial charge in [-0.05, 0) is 48.1 Å². The first-order chi connectivity index (χ1) is 9.62. The summed E-state index contributed by atoms with van der Waals surface area (Å²) in [5.74, 6) is -0.739. The maximum atomic E-state index is 11.9. The average Bonchev–Trinajstić information content (AvgIpc) is 2.82. The van der Waals surface area contributed by atoms with E-state index in [1.165, 1.54) is 0 Å². The third-order valence-corrected chi connectivity index (χ3v) is 4.43. The Kier molecular flexibility index (Phi) is 3.27. The van der Waals surface area contributed by atoms with E-state index >= 15 is 0 Å². The number of fused-ring (bicyclic) bond motifs is 1. The van der Waals surface area contributed by atoms with Crippen LogP contribution in [-0.4, -0.2) is 11.1 Å². The highest BCUT2D eigenvalue weighted by Gasteiger charge is 2.45. The molecule has 1 aliphatic rings. The molecule has 3 rings (SSSR count). The van der Waals surface area contributed by atoms with Crippen LogP contribution in [-0.2, 0) is 23.1 Å². The van der Waals surface area contributed by atoms with Gasteiger partial charge >= 0.3 is 5.97 Å². The molecule has 1 aliphatic carbocycles. The van der Waals surface area contributed by atoms with Crippen LogP contribution in [0.5, 0.6) is 0 Å². The van der Waals surface area contributed by atoms with E-state index in [1.54, 1.807) is 0 Å². The van der Waals surface area contributed by atoms with Gasteiger partial charge in [-0.1, -0.05) is 48.0 Å². The summed E-state index contributed by atoms with van der Waals surface area (Å²) in [6.07, 6.45) is 2.00. The molecule has 0 spiro atoms. The van der Waals surface area contributed by atoms with E-state index in [0.717, 1.165) is 23.1 Å². The number of hydrogen-bond acceptors (Lipinski definition) is 1. The van der Waals surface area contributed by atoms with Gasteiger partial charge in [0.1, 0.15) is 0 Å². The van der Waals surface area contributed by atoms with Crippen molar-refractivity contribution in [3.8, 4) is 0 Å². The smallest absolute Gasteiger partial charge is 0.314 e. The van der Waals surface area contributed by atoms with Gasteiger partial charge in [0.05, 0.1) is 5.41 Å². The van der Waals surface area contributed by atoms with Crippen LogP contribution in [0.1, 0.15) is 23.1 Å². The van der Waals surface area contributed by atoms with Crippen molar-refractivity contribution in [2.24, 2.45) is 0 Å². The largest absolute Gasteiger partial charge is 0.481 e. The number of carbonyl (C=O) groups is 1. The number of aryl methyl sites for hydroxylation is 1. The van der Waals surface area contributed by atoms with Crippen molar-refractivity contribution < 1.29 is 9.90 Å². The van der Waals surface area contributed by atoms with E-state index in [9.17, 15) is 9.90 Å². The Morgan fingerprint density at radius 2 is 1.85 bits per heavy atom. The fourth-order valence-corrected chi connectivity index (χ4v) is 3.25. The van der Waals surface area contributed by atoms with Gasteiger partial charge < -0.3 is 5.11 Å². The summed E-state index contributed by atoms with van der Waals surface area (Å²) >= 11 is 5.89. The van der Waals surface area contributed by atoms with Gasteiger partial charge in [-0.2, -0.15) is 0 Å². The molecule has 0 saturated carbocycles. The Hall–Kier alpha value is -1.80. The topological polar surface area (TPSA) is 37.3 Å². The summed E-state index contributed by atoms with van der Waals surface area (Å²) < 4.78 is 0. The second-order valence-corrected chi connectivity index (χ2v) is 5.78. The molecular weight excluding hydrogens is 272 g/mol. The van der Waals surface area contributed by atoms with E-state index in [0.29, 0.717) is 17.9 Å². The van der Waals surface area contributed by atoms with Gasteiger partial charge in [0.2, 0.25) is 0 Å². The van der Waals surface area contributed by atoms with E-state index in [4.69, 9.17) is 11.6 Å². The Morgan fingerprint density at radius 3 is 2.55 bits per heavy atom. The minimum absolute atomic E-state index is 0.510. The van der Waals surface area contributed by atoms with Crippen LogP contribution in [0.25, 0.3) is 0 Å². The van der Waals surface area contributed by atoms with Crippen molar-refractivity contribution in [1.29, 1.82) is 0 Å². The summed E-state index contributed by atoms with van der Waals surface area (Å²) in [6.45, 7) is 0. The first-order valence-electron chi connectivity index (χ1n) is 6.68. The molecule has 0 amide bonds. The van der Waals surface area contributed by atoms with Gasteiger partial charge in [-0.25, -0.2) is 0 Å². The highest BCUT2D eigenvalue weighted by Crippen LogP contribution is 2.41. The van der Waals surface area contributed by atoms with Crippen molar-refractivity contribution in [1.82, 2.24) is 0 Å². The van der Waals surface area contributed by atoms with Crippen LogP contribution < -0.4 is 0 Å². The number of aliphatic carboxylic acids is 1. The average molecular weight is 287 g/mol. The molecule has 2 aromatic carbocycles. The molecule has 0 aliphatic heterocycles. The van der Waals surface area contributed by atoms with Crippen LogP contribution in [0.2, 0.25) is 5.02 Å². The van der Waals surface area contributed by atoms with E-state index in [-0.39, 0.29) is 0 Å². The van der Waals surface area contributed by atoms with Crippen LogP contribution in [0, 0.1) is 0 Å². The van der Waals surface area contributed by atoms with Gasteiger partial charge in [0.25, 0.3) is 0 Å². The molecule has 0 fully saturated rings. The summed E-state index contributed by atoms with van der Waals surface area (Å²) in [4.78, 5) is 11.9. The maximum absolute atomic E-state index is 11.9. The Bertz CT molecular complexity index is 648. The van der Waals surface area contributed by atoms with E-state index < -0.39 is 11.4 Å². The predicted molar refractivity (Wildman–Crippen MR) is 79.2 cm³/mol. The van der Waals surface area contributed by atoms with Crippen molar-refractivity contribution >= 4 is 17.6 Å². The molecule has 0 bridgehead atoms. The van der Waals surface area contributed by atoms with E-state index in [2.05, 4.69) is 0 Å². The molecule has 102 valence electrons. The maximum Gasteiger partial charge on any atom is 0.314 e. The molecule has 0 saturated heterocycles. The Morgan fingerprint density at radius 1 is 1.15 bits per heavy atom. The number of hydrogen-bond donors (Lipinski definition) is 1. The molecule has 2 aromatic rings. The van der Waals surface area contributed by atoms with Gasteiger partial charge in [-0.3, -0.25) is 4.79 Å². The van der Waals surface area contributed by atoms with Crippen LogP contribution >= 0.6 is 11.6 Å². The number of halogens is 1. The summed E-state index contributed by atoms with van der Waals surface area (Å²) in [5.41, 5.74) is 2.32. The van der Waals surface area contributed by atoms with Crippen molar-refractivity contribution in [2.75, 3.05) is 0 Å². The zero-order chi connectivity index (χ0) is 14.2. The molecule has 2 nitrogen and oxygen atoms in total. The lowest BCUT2D eigenvalue weighted by Crippen LogP contribution is -2.35. The highest BCUT2D eigenvalue weighted by molar-refractivity contribution is 6.30. The lowest BCUT2D eigenvalue weighted by atomic mass is 9.76. The molecule has 1 atom stereocenters. The minimum Gasteiger partial charge on any atom is -0.481 e. The van der Waals surface area contributed by atoms with Crippen molar-refractivity contribution in [3.63, 3.8) is 0 Å². The van der Waals surface area contributed by atoms with Gasteiger partial charge in [0, 0.05) is 5.02 Å². The zero-order valence-electron chi connectivity index (χ0n) is 11.0. The SMILES string of the molecule is O=C(O)C1(Cc2ccc(Cl)cc2)CCc2ccccc21. The van der Waals surface area contributed by atoms with Crippen LogP contribution in [0.3, 0.4) is 0 Å². The Balaban J connectivity index is 2.02. The van der Waals surface area contributed by atoms with Gasteiger partial charge in [0.15, 0.2) is 0 Å². The van der Waals surface area contributed by atoms with Gasteiger partial charge in [-0.15, -0.1) is 0 Å². The lowest BCUT2D eigenvalue weighted by Gasteiger charge is -2.25. The molecule has 1 unspecified atom stereocenters. The zero-order valence-corrected chi connectivity index (χ0v) is 11.7. The lowest BCUT2D eigenvalue weighted by molar-refractivity contribution is -0.143. The molecule has 20 heavy (non-hydrogen) atoms. The summed E-state index contributed by atoms with van der Waals surface area (Å²) in [7, 11) is 0. The number of benzene rings is 2. The third kappa shape index (κ3) is 2.10. The summed E-state index contributed by atoms with van der Waals surface area (Å²) in [6, 6.07) is 15.3. The number of carboxylic acid groups (broad SMARTS) is 1. The normalized spacial score (nSPS) is 20.6. The molecule has 0 aromatic heterocycles. The molecule has 3 heteroatoms. The number of carboxylic acids is 1. The molecular formula is C17H15ClO2. The summed E-state index contributed by atoms with van der Waals surface area (Å²) in [5, 5.41) is 10.5. The standard InChI is InChI=1S/C17H15ClO2/c18-14-7-5-12(6-8-14)11-17(16(19)20)10-9-13-3-1-2-4-15(13)17/h1-8H,9-11H2,(H,19,20). The molecule has 0 heterocycles. The fourth-order valence-electron chi connectivity index (χ4n) is 3.12. The van der Waals surface area contributed by atoms with Crippen LogP contribution in [0.4, 0.5) is 0 Å². The highest BCUT2D eigenvalue weighted by atomic mass is 35.5. The van der Waals surface area contributed by atoms with Crippen molar-refractivity contribution in [3.05, 3.63) is 70.2 Å². The van der Waals surface area contributed by atoms with Crippen LogP contribution in [0.15, 0.2) is 48.5 Å². The fraction of sp³-hybridized carbons (Fsp3) is 0.235. The second-order valence-electron chi connectivity index (χ2n) is 5.35. The second kappa shape index (κ2) is 4.95. The predicted octanol–water partition coefficient (Wildman–Crippen LogP) is 3.85. The monoisotopic (exact) mass is 286 g/mol. The molecule has 0 radical (unpaired) electrons. The third-order valence-electron chi connectivity index (χ3n) is 4.18. The first-order valence-corrected chi connectivity index (χ1v) is 7.06. The minimum atomic E-state index is -0.801. The Labute approximate surface area is 123 Å².